The molecule has 0 amide bonds. The van der Waals surface area contributed by atoms with Crippen LogP contribution in [0.1, 0.15) is 50.7 Å². The fraction of sp³-hybridized carbons (Fsp3) is 0.400. The van der Waals surface area contributed by atoms with Crippen LogP contribution < -0.4 is 0 Å². The summed E-state index contributed by atoms with van der Waals surface area (Å²) in [5.74, 6) is 0.269. The average Bonchev–Trinajstić information content (AvgIpc) is 3.05. The molecule has 5 heteroatoms. The molecule has 0 radical (unpaired) electrons. The van der Waals surface area contributed by atoms with Crippen molar-refractivity contribution in [3.8, 4) is 11.4 Å². The van der Waals surface area contributed by atoms with Crippen LogP contribution in [0.3, 0.4) is 0 Å². The lowest BCUT2D eigenvalue weighted by Crippen LogP contribution is -2.03. The second-order valence-corrected chi connectivity index (χ2v) is 6.83. The van der Waals surface area contributed by atoms with E-state index in [9.17, 15) is 5.11 Å². The van der Waals surface area contributed by atoms with E-state index in [-0.39, 0.29) is 5.75 Å². The number of aryl methyl sites for hydroxylation is 2. The fourth-order valence-electron chi connectivity index (χ4n) is 2.99. The van der Waals surface area contributed by atoms with Crippen molar-refractivity contribution in [2.45, 2.75) is 52.4 Å². The van der Waals surface area contributed by atoms with Crippen LogP contribution in [-0.4, -0.2) is 20.1 Å². The third-order valence-electron chi connectivity index (χ3n) is 4.43. The third-order valence-corrected chi connectivity index (χ3v) is 4.73. The van der Waals surface area contributed by atoms with E-state index in [0.29, 0.717) is 16.2 Å². The van der Waals surface area contributed by atoms with E-state index >= 15 is 0 Å². The molecule has 3 rings (SSSR count). The summed E-state index contributed by atoms with van der Waals surface area (Å²) in [6, 6.07) is 9.65. The van der Waals surface area contributed by atoms with Crippen LogP contribution in [-0.2, 0) is 12.8 Å². The van der Waals surface area contributed by atoms with Crippen molar-refractivity contribution >= 4 is 22.6 Å². The van der Waals surface area contributed by atoms with E-state index < -0.39 is 0 Å². The number of fused-ring (bicyclic) bond motifs is 1. The van der Waals surface area contributed by atoms with Gasteiger partial charge in [-0.15, -0.1) is 15.0 Å². The molecule has 0 unspecified atom stereocenters. The van der Waals surface area contributed by atoms with Crippen molar-refractivity contribution in [2.24, 2.45) is 0 Å². The van der Waals surface area contributed by atoms with Gasteiger partial charge in [-0.25, -0.2) is 0 Å². The predicted molar refractivity (Wildman–Crippen MR) is 103 cm³/mol. The van der Waals surface area contributed by atoms with Crippen LogP contribution in [0.4, 0.5) is 0 Å². The topological polar surface area (TPSA) is 50.9 Å². The lowest BCUT2D eigenvalue weighted by Gasteiger charge is -2.12. The van der Waals surface area contributed by atoms with E-state index in [1.54, 1.807) is 6.07 Å². The van der Waals surface area contributed by atoms with Gasteiger partial charge in [0.15, 0.2) is 0 Å². The van der Waals surface area contributed by atoms with Gasteiger partial charge in [0.25, 0.3) is 0 Å². The number of aromatic hydroxyl groups is 1. The Morgan fingerprint density at radius 1 is 1.04 bits per heavy atom. The Bertz CT molecular complexity index is 873. The number of hydrogen-bond acceptors (Lipinski definition) is 3. The van der Waals surface area contributed by atoms with Crippen molar-refractivity contribution < 1.29 is 5.11 Å². The summed E-state index contributed by atoms with van der Waals surface area (Å²) in [6.07, 6.45) is 6.25. The second-order valence-electron chi connectivity index (χ2n) is 6.43. The molecule has 1 N–H and O–H groups in total. The molecule has 0 atom stereocenters. The van der Waals surface area contributed by atoms with Crippen molar-refractivity contribution in [2.75, 3.05) is 0 Å². The normalized spacial score (nSPS) is 11.3. The van der Waals surface area contributed by atoms with Gasteiger partial charge in [0.05, 0.1) is 5.02 Å². The summed E-state index contributed by atoms with van der Waals surface area (Å²) in [5, 5.41) is 20.4. The Kier molecular flexibility index (Phi) is 5.59. The summed E-state index contributed by atoms with van der Waals surface area (Å²) in [7, 11) is 0. The third kappa shape index (κ3) is 3.79. The number of phenols is 1. The molecular weight excluding hydrogens is 334 g/mol. The number of unbranched alkanes of at least 4 members (excludes halogenated alkanes) is 2. The molecule has 0 saturated carbocycles. The fourth-order valence-corrected chi connectivity index (χ4v) is 3.20. The molecule has 2 aromatic carbocycles. The van der Waals surface area contributed by atoms with Gasteiger partial charge >= 0.3 is 0 Å². The second kappa shape index (κ2) is 7.87. The molecule has 0 aliphatic carbocycles. The predicted octanol–water partition coefficient (Wildman–Crippen LogP) is 5.46. The minimum Gasteiger partial charge on any atom is -0.505 e. The molecule has 3 aromatic rings. The summed E-state index contributed by atoms with van der Waals surface area (Å²) < 4.78 is 0. The lowest BCUT2D eigenvalue weighted by molar-refractivity contribution is 0.459. The highest BCUT2D eigenvalue weighted by molar-refractivity contribution is 6.34. The zero-order chi connectivity index (χ0) is 17.8. The van der Waals surface area contributed by atoms with Crippen LogP contribution in [0, 0.1) is 0 Å². The number of aromatic nitrogens is 3. The monoisotopic (exact) mass is 357 g/mol. The van der Waals surface area contributed by atoms with Gasteiger partial charge in [-0.1, -0.05) is 50.4 Å². The molecule has 0 spiro atoms. The van der Waals surface area contributed by atoms with Gasteiger partial charge in [-0.05, 0) is 55.0 Å². The van der Waals surface area contributed by atoms with Gasteiger partial charge in [0.2, 0.25) is 0 Å². The number of benzene rings is 2. The van der Waals surface area contributed by atoms with Crippen LogP contribution in [0.2, 0.25) is 5.02 Å². The quantitative estimate of drug-likeness (QED) is 0.610. The zero-order valence-electron chi connectivity index (χ0n) is 14.8. The van der Waals surface area contributed by atoms with Gasteiger partial charge in [-0.3, -0.25) is 0 Å². The molecule has 1 aromatic heterocycles. The van der Waals surface area contributed by atoms with Gasteiger partial charge in [-0.2, -0.15) is 0 Å². The molecule has 0 aliphatic rings. The number of nitrogens with zero attached hydrogens (tertiary/aromatic N) is 3. The highest BCUT2D eigenvalue weighted by Crippen LogP contribution is 2.31. The Hall–Kier alpha value is -2.07. The van der Waals surface area contributed by atoms with Gasteiger partial charge < -0.3 is 5.11 Å². The number of hydrogen-bond donors (Lipinski definition) is 1. The van der Waals surface area contributed by atoms with Gasteiger partial charge in [0, 0.05) is 0 Å². The lowest BCUT2D eigenvalue weighted by atomic mass is 10.00. The number of phenolic OH excluding ortho intramolecular Hbond substituents is 1. The van der Waals surface area contributed by atoms with Gasteiger partial charge in [0.1, 0.15) is 22.5 Å². The SMILES string of the molecule is CCCCc1cc(CCCC)c(O)c(-n2nc3cccc(Cl)c3n2)c1. The molecule has 0 aliphatic heterocycles. The molecule has 0 bridgehead atoms. The first-order valence-electron chi connectivity index (χ1n) is 9.00. The minimum absolute atomic E-state index is 0.269. The highest BCUT2D eigenvalue weighted by atomic mass is 35.5. The largest absolute Gasteiger partial charge is 0.505 e. The molecule has 25 heavy (non-hydrogen) atoms. The summed E-state index contributed by atoms with van der Waals surface area (Å²) in [6.45, 7) is 4.34. The molecule has 0 saturated heterocycles. The molecule has 0 fully saturated rings. The molecular formula is C20H24ClN3O. The van der Waals surface area contributed by atoms with Crippen LogP contribution in [0.5, 0.6) is 5.75 Å². The van der Waals surface area contributed by atoms with Crippen molar-refractivity contribution in [3.05, 3.63) is 46.5 Å². The van der Waals surface area contributed by atoms with Crippen LogP contribution in [0.15, 0.2) is 30.3 Å². The molecule has 132 valence electrons. The first-order chi connectivity index (χ1) is 12.1. The summed E-state index contributed by atoms with van der Waals surface area (Å²) in [4.78, 5) is 1.51. The van der Waals surface area contributed by atoms with Crippen molar-refractivity contribution in [1.82, 2.24) is 15.0 Å². The number of halogens is 1. The first kappa shape index (κ1) is 17.7. The molecule has 4 nitrogen and oxygen atoms in total. The maximum Gasteiger partial charge on any atom is 0.146 e. The van der Waals surface area contributed by atoms with Crippen molar-refractivity contribution in [1.29, 1.82) is 0 Å². The highest BCUT2D eigenvalue weighted by Gasteiger charge is 2.15. The minimum atomic E-state index is 0.269. The van der Waals surface area contributed by atoms with Crippen molar-refractivity contribution in [3.63, 3.8) is 0 Å². The van der Waals surface area contributed by atoms with E-state index in [0.717, 1.165) is 49.6 Å². The van der Waals surface area contributed by atoms with Crippen LogP contribution >= 0.6 is 11.6 Å². The first-order valence-corrected chi connectivity index (χ1v) is 9.38. The smallest absolute Gasteiger partial charge is 0.146 e. The summed E-state index contributed by atoms with van der Waals surface area (Å²) >= 11 is 6.22. The van der Waals surface area contributed by atoms with E-state index in [2.05, 4.69) is 30.1 Å². The Balaban J connectivity index is 2.09. The maximum atomic E-state index is 10.8. The average molecular weight is 358 g/mol. The standard InChI is InChI=1S/C20H24ClN3O/c1-3-5-8-14-12-15(9-6-4-2)20(25)18(13-14)24-22-17-11-7-10-16(21)19(17)23-24/h7,10-13,25H,3-6,8-9H2,1-2H3. The maximum absolute atomic E-state index is 10.8. The Morgan fingerprint density at radius 3 is 2.52 bits per heavy atom. The molecule has 1 heterocycles. The van der Waals surface area contributed by atoms with E-state index in [1.807, 2.05) is 18.2 Å². The summed E-state index contributed by atoms with van der Waals surface area (Å²) in [5.41, 5.74) is 4.19. The zero-order valence-corrected chi connectivity index (χ0v) is 15.6. The Labute approximate surface area is 153 Å². The van der Waals surface area contributed by atoms with E-state index in [4.69, 9.17) is 11.6 Å². The van der Waals surface area contributed by atoms with Crippen LogP contribution in [0.25, 0.3) is 16.7 Å². The number of rotatable bonds is 7. The van der Waals surface area contributed by atoms with E-state index in [1.165, 1.54) is 10.4 Å². The Morgan fingerprint density at radius 2 is 1.80 bits per heavy atom.